The maximum atomic E-state index is 11.8. The summed E-state index contributed by atoms with van der Waals surface area (Å²) in [5, 5.41) is 4.39. The van der Waals surface area contributed by atoms with Crippen molar-refractivity contribution in [2.75, 3.05) is 12.8 Å². The highest BCUT2D eigenvalue weighted by molar-refractivity contribution is 5.98. The predicted molar refractivity (Wildman–Crippen MR) is 79.1 cm³/mol. The standard InChI is InChI=1S/C15H19N3O3/c1-10(2)18-8-7-11(17-18)9-21-13-6-4-5-12(16)14(13)15(19)20-3/h4-8,10H,9,16H2,1-3H3. The molecule has 0 spiro atoms. The van der Waals surface area contributed by atoms with Gasteiger partial charge in [-0.25, -0.2) is 4.79 Å². The van der Waals surface area contributed by atoms with Crippen molar-refractivity contribution >= 4 is 11.7 Å². The van der Waals surface area contributed by atoms with Crippen LogP contribution < -0.4 is 10.5 Å². The number of esters is 1. The molecule has 2 N–H and O–H groups in total. The van der Waals surface area contributed by atoms with Crippen molar-refractivity contribution < 1.29 is 14.3 Å². The van der Waals surface area contributed by atoms with Crippen molar-refractivity contribution in [1.82, 2.24) is 9.78 Å². The van der Waals surface area contributed by atoms with E-state index in [2.05, 4.69) is 5.10 Å². The summed E-state index contributed by atoms with van der Waals surface area (Å²) in [6.07, 6.45) is 1.89. The first kappa shape index (κ1) is 14.9. The smallest absolute Gasteiger partial charge is 0.343 e. The van der Waals surface area contributed by atoms with Gasteiger partial charge in [-0.2, -0.15) is 5.10 Å². The van der Waals surface area contributed by atoms with Crippen LogP contribution in [0.4, 0.5) is 5.69 Å². The summed E-state index contributed by atoms with van der Waals surface area (Å²) >= 11 is 0. The number of nitrogens with zero attached hydrogens (tertiary/aromatic N) is 2. The Bertz CT molecular complexity index is 635. The SMILES string of the molecule is COC(=O)c1c(N)cccc1OCc1ccn(C(C)C)n1. The fourth-order valence-corrected chi connectivity index (χ4v) is 1.88. The van der Waals surface area contributed by atoms with Crippen molar-refractivity contribution in [1.29, 1.82) is 0 Å². The third-order valence-electron chi connectivity index (χ3n) is 3.02. The van der Waals surface area contributed by atoms with Gasteiger partial charge < -0.3 is 15.2 Å². The van der Waals surface area contributed by atoms with Crippen LogP contribution in [0.15, 0.2) is 30.5 Å². The number of methoxy groups -OCH3 is 1. The molecule has 0 saturated carbocycles. The lowest BCUT2D eigenvalue weighted by atomic mass is 10.1. The third kappa shape index (κ3) is 3.34. The van der Waals surface area contributed by atoms with Crippen LogP contribution in [0, 0.1) is 0 Å². The van der Waals surface area contributed by atoms with Crippen molar-refractivity contribution in [2.45, 2.75) is 26.5 Å². The van der Waals surface area contributed by atoms with Crippen LogP contribution >= 0.6 is 0 Å². The molecule has 1 heterocycles. The number of carbonyl (C=O) groups is 1. The molecule has 1 aromatic heterocycles. The first-order chi connectivity index (χ1) is 10.0. The summed E-state index contributed by atoms with van der Waals surface area (Å²) < 4.78 is 12.2. The Hall–Kier alpha value is -2.50. The molecule has 0 aliphatic heterocycles. The second-order valence-electron chi connectivity index (χ2n) is 4.88. The van der Waals surface area contributed by atoms with E-state index in [0.717, 1.165) is 5.69 Å². The first-order valence-corrected chi connectivity index (χ1v) is 6.66. The van der Waals surface area contributed by atoms with Crippen LogP contribution in [0.1, 0.15) is 35.9 Å². The second kappa shape index (κ2) is 6.30. The molecule has 0 amide bonds. The van der Waals surface area contributed by atoms with Crippen molar-refractivity contribution in [3.63, 3.8) is 0 Å². The molecule has 0 radical (unpaired) electrons. The molecule has 0 unspecified atom stereocenters. The molecule has 112 valence electrons. The largest absolute Gasteiger partial charge is 0.486 e. The van der Waals surface area contributed by atoms with E-state index in [1.165, 1.54) is 7.11 Å². The number of aromatic nitrogens is 2. The molecule has 6 heteroatoms. The van der Waals surface area contributed by atoms with Gasteiger partial charge in [0.2, 0.25) is 0 Å². The van der Waals surface area contributed by atoms with E-state index in [1.54, 1.807) is 18.2 Å². The number of ether oxygens (including phenoxy) is 2. The molecule has 2 aromatic rings. The molecule has 6 nitrogen and oxygen atoms in total. The number of hydrogen-bond acceptors (Lipinski definition) is 5. The Balaban J connectivity index is 2.16. The van der Waals surface area contributed by atoms with Gasteiger partial charge in [-0.1, -0.05) is 6.07 Å². The van der Waals surface area contributed by atoms with Gasteiger partial charge >= 0.3 is 5.97 Å². The van der Waals surface area contributed by atoms with Gasteiger partial charge in [0.15, 0.2) is 0 Å². The van der Waals surface area contributed by atoms with Crippen molar-refractivity contribution in [3.05, 3.63) is 41.7 Å². The van der Waals surface area contributed by atoms with Gasteiger partial charge in [0, 0.05) is 17.9 Å². The van der Waals surface area contributed by atoms with Crippen molar-refractivity contribution in [3.8, 4) is 5.75 Å². The minimum atomic E-state index is -0.518. The topological polar surface area (TPSA) is 79.4 Å². The highest BCUT2D eigenvalue weighted by Gasteiger charge is 2.17. The average molecular weight is 289 g/mol. The quantitative estimate of drug-likeness (QED) is 0.675. The number of nitrogen functional groups attached to an aromatic ring is 1. The van der Waals surface area contributed by atoms with Crippen LogP contribution in [0.2, 0.25) is 0 Å². The van der Waals surface area contributed by atoms with E-state index in [-0.39, 0.29) is 18.2 Å². The number of anilines is 1. The molecule has 2 rings (SSSR count). The summed E-state index contributed by atoms with van der Waals surface area (Å²) in [6, 6.07) is 7.21. The van der Waals surface area contributed by atoms with Crippen LogP contribution in [0.3, 0.4) is 0 Å². The van der Waals surface area contributed by atoms with Gasteiger partial charge in [0.05, 0.1) is 12.8 Å². The molecule has 0 saturated heterocycles. The highest BCUT2D eigenvalue weighted by atomic mass is 16.5. The van der Waals surface area contributed by atoms with E-state index >= 15 is 0 Å². The summed E-state index contributed by atoms with van der Waals surface area (Å²) in [5.74, 6) is -0.128. The molecular formula is C15H19N3O3. The van der Waals surface area contributed by atoms with Crippen LogP contribution in [0.5, 0.6) is 5.75 Å². The lowest BCUT2D eigenvalue weighted by Gasteiger charge is -2.11. The minimum Gasteiger partial charge on any atom is -0.486 e. The maximum absolute atomic E-state index is 11.8. The molecule has 0 atom stereocenters. The highest BCUT2D eigenvalue weighted by Crippen LogP contribution is 2.26. The van der Waals surface area contributed by atoms with E-state index in [0.29, 0.717) is 11.4 Å². The Labute approximate surface area is 123 Å². The maximum Gasteiger partial charge on any atom is 0.343 e. The Kier molecular flexibility index (Phi) is 4.47. The Morgan fingerprint density at radius 1 is 1.38 bits per heavy atom. The normalized spacial score (nSPS) is 10.7. The molecule has 0 aliphatic carbocycles. The zero-order valence-electron chi connectivity index (χ0n) is 12.4. The zero-order chi connectivity index (χ0) is 15.4. The summed E-state index contributed by atoms with van der Waals surface area (Å²) in [4.78, 5) is 11.8. The number of rotatable bonds is 5. The van der Waals surface area contributed by atoms with Crippen LogP contribution in [-0.4, -0.2) is 22.9 Å². The third-order valence-corrected chi connectivity index (χ3v) is 3.02. The second-order valence-corrected chi connectivity index (χ2v) is 4.88. The summed E-state index contributed by atoms with van der Waals surface area (Å²) in [5.41, 5.74) is 7.15. The molecule has 1 aromatic carbocycles. The van der Waals surface area contributed by atoms with E-state index in [1.807, 2.05) is 30.8 Å². The number of nitrogens with two attached hydrogens (primary N) is 1. The van der Waals surface area contributed by atoms with Gasteiger partial charge in [-0.15, -0.1) is 0 Å². The van der Waals surface area contributed by atoms with E-state index in [9.17, 15) is 4.79 Å². The van der Waals surface area contributed by atoms with E-state index < -0.39 is 5.97 Å². The predicted octanol–water partition coefficient (Wildman–Crippen LogP) is 2.41. The van der Waals surface area contributed by atoms with Crippen LogP contribution in [-0.2, 0) is 11.3 Å². The fraction of sp³-hybridized carbons (Fsp3) is 0.333. The molecule has 0 aliphatic rings. The minimum absolute atomic E-state index is 0.239. The summed E-state index contributed by atoms with van der Waals surface area (Å²) in [7, 11) is 1.31. The number of hydrogen-bond donors (Lipinski definition) is 1. The zero-order valence-corrected chi connectivity index (χ0v) is 12.4. The Morgan fingerprint density at radius 2 is 2.14 bits per heavy atom. The van der Waals surface area contributed by atoms with E-state index in [4.69, 9.17) is 15.2 Å². The lowest BCUT2D eigenvalue weighted by molar-refractivity contribution is 0.0597. The van der Waals surface area contributed by atoms with Gasteiger partial charge in [0.25, 0.3) is 0 Å². The van der Waals surface area contributed by atoms with Crippen molar-refractivity contribution in [2.24, 2.45) is 0 Å². The molecular weight excluding hydrogens is 270 g/mol. The van der Waals surface area contributed by atoms with Gasteiger partial charge in [0.1, 0.15) is 17.9 Å². The van der Waals surface area contributed by atoms with Gasteiger partial charge in [-0.05, 0) is 32.0 Å². The lowest BCUT2D eigenvalue weighted by Crippen LogP contribution is -2.09. The van der Waals surface area contributed by atoms with Crippen LogP contribution in [0.25, 0.3) is 0 Å². The monoisotopic (exact) mass is 289 g/mol. The molecule has 21 heavy (non-hydrogen) atoms. The fourth-order valence-electron chi connectivity index (χ4n) is 1.88. The number of benzene rings is 1. The average Bonchev–Trinajstić information content (AvgIpc) is 2.93. The number of carbonyl (C=O) groups excluding carboxylic acids is 1. The molecule has 0 fully saturated rings. The first-order valence-electron chi connectivity index (χ1n) is 6.66. The summed E-state index contributed by atoms with van der Waals surface area (Å²) in [6.45, 7) is 4.35. The Morgan fingerprint density at radius 3 is 2.76 bits per heavy atom. The van der Waals surface area contributed by atoms with Gasteiger partial charge in [-0.3, -0.25) is 4.68 Å². The molecule has 0 bridgehead atoms.